The van der Waals surface area contributed by atoms with Crippen LogP contribution < -0.4 is 10.6 Å². The van der Waals surface area contributed by atoms with Gasteiger partial charge in [-0.2, -0.15) is 0 Å². The molecule has 0 heterocycles. The lowest BCUT2D eigenvalue weighted by Crippen LogP contribution is -2.50. The van der Waals surface area contributed by atoms with E-state index in [9.17, 15) is 18.4 Å². The summed E-state index contributed by atoms with van der Waals surface area (Å²) in [5, 5.41) is 4.63. The Kier molecular flexibility index (Phi) is 6.72. The quantitative estimate of drug-likeness (QED) is 0.810. The molecule has 2 N–H and O–H groups in total. The zero-order valence-corrected chi connectivity index (χ0v) is 11.9. The monoisotopic (exact) mass is 280 g/mol. The van der Waals surface area contributed by atoms with E-state index >= 15 is 0 Å². The molecule has 0 unspecified atom stereocenters. The minimum absolute atomic E-state index is 0.201. The van der Waals surface area contributed by atoms with Crippen LogP contribution >= 0.6 is 0 Å². The van der Waals surface area contributed by atoms with E-state index in [2.05, 4.69) is 10.6 Å². The Morgan fingerprint density at radius 1 is 1.16 bits per heavy atom. The summed E-state index contributed by atoms with van der Waals surface area (Å²) in [6.07, 6.45) is -4.34. The summed E-state index contributed by atoms with van der Waals surface area (Å²) in [5.41, 5.74) is -0.756. The van der Waals surface area contributed by atoms with Crippen molar-refractivity contribution in [2.75, 3.05) is 0 Å². The highest BCUT2D eigenvalue weighted by Gasteiger charge is 2.27. The molecular weight excluding hydrogens is 258 g/mol. The smallest absolute Gasteiger partial charge is 0.408 e. The summed E-state index contributed by atoms with van der Waals surface area (Å²) in [5.74, 6) is -0.652. The number of ether oxygens (including phenoxy) is 1. The van der Waals surface area contributed by atoms with Crippen LogP contribution in [0.5, 0.6) is 0 Å². The van der Waals surface area contributed by atoms with Crippen molar-refractivity contribution < 1.29 is 23.1 Å². The summed E-state index contributed by atoms with van der Waals surface area (Å²) in [4.78, 5) is 23.2. The van der Waals surface area contributed by atoms with Crippen LogP contribution in [0.1, 0.15) is 41.0 Å². The summed E-state index contributed by atoms with van der Waals surface area (Å²) < 4.78 is 29.7. The fourth-order valence-corrected chi connectivity index (χ4v) is 1.24. The van der Waals surface area contributed by atoms with Gasteiger partial charge in [0.25, 0.3) is 0 Å². The molecule has 0 aliphatic rings. The Morgan fingerprint density at radius 3 is 2.05 bits per heavy atom. The van der Waals surface area contributed by atoms with Crippen molar-refractivity contribution in [1.29, 1.82) is 0 Å². The Morgan fingerprint density at radius 2 is 1.68 bits per heavy atom. The Bertz CT molecular complexity index is 315. The van der Waals surface area contributed by atoms with Crippen molar-refractivity contribution in [3.63, 3.8) is 0 Å². The number of alkyl halides is 2. The fourth-order valence-electron chi connectivity index (χ4n) is 1.24. The van der Waals surface area contributed by atoms with E-state index in [1.807, 2.05) is 0 Å². The van der Waals surface area contributed by atoms with Gasteiger partial charge in [-0.3, -0.25) is 4.79 Å². The molecule has 7 heteroatoms. The molecule has 0 rings (SSSR count). The summed E-state index contributed by atoms with van der Waals surface area (Å²) in [6, 6.07) is -1.51. The van der Waals surface area contributed by atoms with Crippen LogP contribution in [0, 0.1) is 0 Å². The first-order valence-corrected chi connectivity index (χ1v) is 6.09. The van der Waals surface area contributed by atoms with E-state index in [-0.39, 0.29) is 6.04 Å². The lowest BCUT2D eigenvalue weighted by Gasteiger charge is -2.23. The maximum absolute atomic E-state index is 12.4. The highest BCUT2D eigenvalue weighted by atomic mass is 19.3. The van der Waals surface area contributed by atoms with Gasteiger partial charge in [0.2, 0.25) is 12.3 Å². The molecule has 19 heavy (non-hydrogen) atoms. The summed E-state index contributed by atoms with van der Waals surface area (Å²) in [6.45, 7) is 8.32. The van der Waals surface area contributed by atoms with Crippen LogP contribution in [-0.4, -0.2) is 36.1 Å². The third kappa shape index (κ3) is 9.21. The van der Waals surface area contributed by atoms with Gasteiger partial charge in [0.15, 0.2) is 0 Å². The van der Waals surface area contributed by atoms with Gasteiger partial charge in [0, 0.05) is 12.5 Å². The van der Waals surface area contributed by atoms with Crippen LogP contribution in [0.2, 0.25) is 0 Å². The van der Waals surface area contributed by atoms with E-state index in [0.717, 1.165) is 0 Å². The second kappa shape index (κ2) is 7.25. The number of halogens is 2. The van der Waals surface area contributed by atoms with Crippen LogP contribution in [0.4, 0.5) is 13.6 Å². The maximum atomic E-state index is 12.4. The van der Waals surface area contributed by atoms with Gasteiger partial charge in [-0.05, 0) is 34.6 Å². The highest BCUT2D eigenvalue weighted by Crippen LogP contribution is 2.09. The topological polar surface area (TPSA) is 67.4 Å². The van der Waals surface area contributed by atoms with Crippen molar-refractivity contribution in [2.24, 2.45) is 0 Å². The molecule has 0 aliphatic heterocycles. The molecular formula is C12H22F2N2O3. The molecule has 0 aromatic carbocycles. The molecule has 2 amide bonds. The molecule has 112 valence electrons. The second-order valence-electron chi connectivity index (χ2n) is 5.49. The molecule has 0 aromatic rings. The number of carbonyl (C=O) groups excluding carboxylic acids is 2. The zero-order chi connectivity index (χ0) is 15.2. The van der Waals surface area contributed by atoms with Gasteiger partial charge in [-0.25, -0.2) is 13.6 Å². The van der Waals surface area contributed by atoms with Crippen LogP contribution in [0.25, 0.3) is 0 Å². The third-order valence-electron chi connectivity index (χ3n) is 1.85. The molecule has 0 fully saturated rings. The Balaban J connectivity index is 4.59. The van der Waals surface area contributed by atoms with Gasteiger partial charge in [0.05, 0.1) is 0 Å². The number of nitrogens with one attached hydrogen (secondary N) is 2. The number of carbonyl (C=O) groups is 2. The number of rotatable bonds is 5. The lowest BCUT2D eigenvalue weighted by atomic mass is 10.2. The first-order valence-electron chi connectivity index (χ1n) is 6.09. The molecule has 0 bridgehead atoms. The van der Waals surface area contributed by atoms with Crippen LogP contribution in [0.3, 0.4) is 0 Å². The Labute approximate surface area is 112 Å². The lowest BCUT2D eigenvalue weighted by molar-refractivity contribution is -0.124. The van der Waals surface area contributed by atoms with Crippen molar-refractivity contribution in [2.45, 2.75) is 65.1 Å². The molecule has 0 aliphatic carbocycles. The highest BCUT2D eigenvalue weighted by molar-refractivity contribution is 5.85. The van der Waals surface area contributed by atoms with Crippen molar-refractivity contribution in [3.8, 4) is 0 Å². The largest absolute Gasteiger partial charge is 0.444 e. The summed E-state index contributed by atoms with van der Waals surface area (Å²) in [7, 11) is 0. The third-order valence-corrected chi connectivity index (χ3v) is 1.85. The minimum Gasteiger partial charge on any atom is -0.444 e. The van der Waals surface area contributed by atoms with Gasteiger partial charge in [-0.1, -0.05) is 0 Å². The standard InChI is InChI=1S/C12H22F2N2O3/c1-7(2)15-10(17)8(6-9(13)14)16-11(18)19-12(3,4)5/h7-9H,6H2,1-5H3,(H,15,17)(H,16,18)/t8-/m0/s1. The van der Waals surface area contributed by atoms with Gasteiger partial charge < -0.3 is 15.4 Å². The van der Waals surface area contributed by atoms with Crippen LogP contribution in [-0.2, 0) is 9.53 Å². The van der Waals surface area contributed by atoms with E-state index in [1.54, 1.807) is 34.6 Å². The number of hydrogen-bond acceptors (Lipinski definition) is 3. The van der Waals surface area contributed by atoms with Gasteiger partial charge in [-0.15, -0.1) is 0 Å². The van der Waals surface area contributed by atoms with Gasteiger partial charge >= 0.3 is 6.09 Å². The maximum Gasteiger partial charge on any atom is 0.408 e. The number of amides is 2. The SMILES string of the molecule is CC(C)NC(=O)[C@H](CC(F)F)NC(=O)OC(C)(C)C. The average Bonchev–Trinajstić information content (AvgIpc) is 2.11. The number of hydrogen-bond donors (Lipinski definition) is 2. The van der Waals surface area contributed by atoms with E-state index in [4.69, 9.17) is 4.74 Å². The van der Waals surface area contributed by atoms with Crippen molar-refractivity contribution >= 4 is 12.0 Å². The zero-order valence-electron chi connectivity index (χ0n) is 11.9. The van der Waals surface area contributed by atoms with E-state index < -0.39 is 36.5 Å². The molecule has 0 spiro atoms. The normalized spacial score (nSPS) is 13.3. The first kappa shape index (κ1) is 17.6. The molecule has 0 radical (unpaired) electrons. The molecule has 0 saturated carbocycles. The first-order chi connectivity index (χ1) is 8.51. The molecule has 5 nitrogen and oxygen atoms in total. The summed E-state index contributed by atoms with van der Waals surface area (Å²) >= 11 is 0. The molecule has 0 saturated heterocycles. The van der Waals surface area contributed by atoms with Crippen molar-refractivity contribution in [3.05, 3.63) is 0 Å². The van der Waals surface area contributed by atoms with E-state index in [0.29, 0.717) is 0 Å². The predicted molar refractivity (Wildman–Crippen MR) is 67.1 cm³/mol. The average molecular weight is 280 g/mol. The van der Waals surface area contributed by atoms with E-state index in [1.165, 1.54) is 0 Å². The molecule has 1 atom stereocenters. The van der Waals surface area contributed by atoms with Crippen LogP contribution in [0.15, 0.2) is 0 Å². The Hall–Kier alpha value is -1.40. The fraction of sp³-hybridized carbons (Fsp3) is 0.833. The van der Waals surface area contributed by atoms with Gasteiger partial charge in [0.1, 0.15) is 11.6 Å². The minimum atomic E-state index is -2.70. The predicted octanol–water partition coefficient (Wildman–Crippen LogP) is 2.06. The van der Waals surface area contributed by atoms with Crippen molar-refractivity contribution in [1.82, 2.24) is 10.6 Å². The molecule has 0 aromatic heterocycles. The number of alkyl carbamates (subject to hydrolysis) is 1. The second-order valence-corrected chi connectivity index (χ2v) is 5.49.